The third-order valence-corrected chi connectivity index (χ3v) is 2.34. The highest BCUT2D eigenvalue weighted by Crippen LogP contribution is 2.11. The fourth-order valence-corrected chi connectivity index (χ4v) is 1.48. The molecule has 2 aromatic rings. The predicted molar refractivity (Wildman–Crippen MR) is 66.6 cm³/mol. The summed E-state index contributed by atoms with van der Waals surface area (Å²) in [6, 6.07) is 11.2. The number of pyridine rings is 1. The molecule has 0 saturated heterocycles. The zero-order chi connectivity index (χ0) is 12.1. The van der Waals surface area contributed by atoms with Gasteiger partial charge in [0.2, 0.25) is 0 Å². The molecule has 1 N–H and O–H groups in total. The number of aromatic carboxylic acids is 1. The van der Waals surface area contributed by atoms with Crippen molar-refractivity contribution in [3.05, 3.63) is 65.5 Å². The average molecular weight is 225 g/mol. The Morgan fingerprint density at radius 2 is 1.88 bits per heavy atom. The lowest BCUT2D eigenvalue weighted by molar-refractivity contribution is 0.0696. The Bertz CT molecular complexity index is 547. The monoisotopic (exact) mass is 225 g/mol. The smallest absolute Gasteiger partial charge is 0.336 e. The second kappa shape index (κ2) is 5.07. The van der Waals surface area contributed by atoms with Crippen molar-refractivity contribution in [1.29, 1.82) is 0 Å². The van der Waals surface area contributed by atoms with Crippen LogP contribution in [0.4, 0.5) is 0 Å². The quantitative estimate of drug-likeness (QED) is 0.873. The number of carbonyl (C=O) groups is 1. The van der Waals surface area contributed by atoms with E-state index in [1.807, 2.05) is 36.4 Å². The topological polar surface area (TPSA) is 50.2 Å². The van der Waals surface area contributed by atoms with Crippen LogP contribution in [0.5, 0.6) is 0 Å². The van der Waals surface area contributed by atoms with Gasteiger partial charge in [0.25, 0.3) is 0 Å². The summed E-state index contributed by atoms with van der Waals surface area (Å²) in [5, 5.41) is 9.00. The van der Waals surface area contributed by atoms with Crippen LogP contribution < -0.4 is 0 Å². The zero-order valence-electron chi connectivity index (χ0n) is 9.08. The molecular formula is C14H11NO2. The zero-order valence-corrected chi connectivity index (χ0v) is 9.08. The van der Waals surface area contributed by atoms with Crippen molar-refractivity contribution in [3.63, 3.8) is 0 Å². The molecule has 0 amide bonds. The lowest BCUT2D eigenvalue weighted by Gasteiger charge is -1.99. The van der Waals surface area contributed by atoms with Gasteiger partial charge < -0.3 is 5.11 Å². The van der Waals surface area contributed by atoms with E-state index in [-0.39, 0.29) is 5.56 Å². The molecule has 3 nitrogen and oxygen atoms in total. The van der Waals surface area contributed by atoms with Crippen molar-refractivity contribution in [2.75, 3.05) is 0 Å². The van der Waals surface area contributed by atoms with Crippen molar-refractivity contribution in [3.8, 4) is 0 Å². The molecule has 1 aromatic carbocycles. The van der Waals surface area contributed by atoms with Gasteiger partial charge in [-0.3, -0.25) is 4.98 Å². The first-order valence-electron chi connectivity index (χ1n) is 5.18. The molecule has 0 saturated carbocycles. The van der Waals surface area contributed by atoms with Crippen LogP contribution >= 0.6 is 0 Å². The highest BCUT2D eigenvalue weighted by atomic mass is 16.4. The van der Waals surface area contributed by atoms with Gasteiger partial charge in [-0.05, 0) is 11.6 Å². The van der Waals surface area contributed by atoms with Crippen molar-refractivity contribution in [2.24, 2.45) is 0 Å². The van der Waals surface area contributed by atoms with Crippen LogP contribution in [0.15, 0.2) is 48.8 Å². The molecule has 2 rings (SSSR count). The van der Waals surface area contributed by atoms with E-state index in [9.17, 15) is 4.79 Å². The first-order chi connectivity index (χ1) is 8.27. The van der Waals surface area contributed by atoms with E-state index in [4.69, 9.17) is 5.11 Å². The number of aromatic nitrogens is 1. The summed E-state index contributed by atoms with van der Waals surface area (Å²) in [6.07, 6.45) is 6.64. The summed E-state index contributed by atoms with van der Waals surface area (Å²) in [5.41, 5.74) is 1.88. The molecule has 1 aromatic heterocycles. The molecule has 3 heteroatoms. The van der Waals surface area contributed by atoms with E-state index in [2.05, 4.69) is 4.98 Å². The van der Waals surface area contributed by atoms with Crippen molar-refractivity contribution >= 4 is 18.1 Å². The number of carboxylic acids is 1. The van der Waals surface area contributed by atoms with Gasteiger partial charge in [-0.2, -0.15) is 0 Å². The van der Waals surface area contributed by atoms with E-state index in [1.54, 1.807) is 12.3 Å². The first-order valence-corrected chi connectivity index (χ1v) is 5.18. The molecule has 0 aliphatic heterocycles. The van der Waals surface area contributed by atoms with E-state index >= 15 is 0 Å². The number of hydrogen-bond donors (Lipinski definition) is 1. The number of benzene rings is 1. The molecule has 0 fully saturated rings. The fourth-order valence-electron chi connectivity index (χ4n) is 1.48. The normalized spacial score (nSPS) is 10.6. The maximum Gasteiger partial charge on any atom is 0.336 e. The molecule has 0 aliphatic rings. The molecule has 1 heterocycles. The molecule has 0 atom stereocenters. The van der Waals surface area contributed by atoms with Gasteiger partial charge in [0.1, 0.15) is 0 Å². The summed E-state index contributed by atoms with van der Waals surface area (Å²) in [7, 11) is 0. The number of hydrogen-bond acceptors (Lipinski definition) is 2. The Kier molecular flexibility index (Phi) is 3.31. The van der Waals surface area contributed by atoms with Crippen LogP contribution in [0.1, 0.15) is 21.5 Å². The largest absolute Gasteiger partial charge is 0.478 e. The third-order valence-electron chi connectivity index (χ3n) is 2.34. The summed E-state index contributed by atoms with van der Waals surface area (Å²) >= 11 is 0. The minimum absolute atomic E-state index is 0.257. The standard InChI is InChI=1S/C14H11NO2/c16-14(17)13-8-9-15-10-12(13)7-6-11-4-2-1-3-5-11/h1-10H,(H,16,17)/b7-6+. The lowest BCUT2D eigenvalue weighted by atomic mass is 10.1. The predicted octanol–water partition coefficient (Wildman–Crippen LogP) is 2.95. The van der Waals surface area contributed by atoms with Gasteiger partial charge in [0.15, 0.2) is 0 Å². The van der Waals surface area contributed by atoms with E-state index in [0.717, 1.165) is 5.56 Å². The molecule has 17 heavy (non-hydrogen) atoms. The van der Waals surface area contributed by atoms with Gasteiger partial charge in [-0.15, -0.1) is 0 Å². The molecule has 0 aliphatic carbocycles. The summed E-state index contributed by atoms with van der Waals surface area (Å²) in [5.74, 6) is -0.944. The van der Waals surface area contributed by atoms with Crippen molar-refractivity contribution in [2.45, 2.75) is 0 Å². The second-order valence-corrected chi connectivity index (χ2v) is 3.51. The summed E-state index contributed by atoms with van der Waals surface area (Å²) in [4.78, 5) is 14.9. The minimum Gasteiger partial charge on any atom is -0.478 e. The summed E-state index contributed by atoms with van der Waals surface area (Å²) < 4.78 is 0. The van der Waals surface area contributed by atoms with Gasteiger partial charge in [-0.25, -0.2) is 4.79 Å². The molecule has 84 valence electrons. The Morgan fingerprint density at radius 3 is 2.59 bits per heavy atom. The fraction of sp³-hybridized carbons (Fsp3) is 0. The van der Waals surface area contributed by atoms with Gasteiger partial charge in [-0.1, -0.05) is 42.5 Å². The van der Waals surface area contributed by atoms with Crippen LogP contribution in [0.2, 0.25) is 0 Å². The summed E-state index contributed by atoms with van der Waals surface area (Å²) in [6.45, 7) is 0. The van der Waals surface area contributed by atoms with Gasteiger partial charge in [0, 0.05) is 18.0 Å². The number of nitrogens with zero attached hydrogens (tertiary/aromatic N) is 1. The lowest BCUT2D eigenvalue weighted by Crippen LogP contribution is -1.99. The minimum atomic E-state index is -0.944. The third kappa shape index (κ3) is 2.78. The maximum absolute atomic E-state index is 11.0. The number of rotatable bonds is 3. The average Bonchev–Trinajstić information content (AvgIpc) is 2.38. The maximum atomic E-state index is 11.0. The van der Waals surface area contributed by atoms with Crippen molar-refractivity contribution < 1.29 is 9.90 Å². The van der Waals surface area contributed by atoms with Crippen LogP contribution in [0, 0.1) is 0 Å². The highest BCUT2D eigenvalue weighted by molar-refractivity contribution is 5.93. The van der Waals surface area contributed by atoms with Gasteiger partial charge >= 0.3 is 5.97 Å². The number of carboxylic acid groups (broad SMARTS) is 1. The molecule has 0 spiro atoms. The second-order valence-electron chi connectivity index (χ2n) is 3.51. The Hall–Kier alpha value is -2.42. The molecule has 0 bridgehead atoms. The van der Waals surface area contributed by atoms with Crippen LogP contribution in [-0.4, -0.2) is 16.1 Å². The van der Waals surface area contributed by atoms with Crippen LogP contribution in [0.25, 0.3) is 12.2 Å². The van der Waals surface area contributed by atoms with Gasteiger partial charge in [0.05, 0.1) is 5.56 Å². The van der Waals surface area contributed by atoms with Crippen LogP contribution in [-0.2, 0) is 0 Å². The van der Waals surface area contributed by atoms with E-state index < -0.39 is 5.97 Å². The SMILES string of the molecule is O=C(O)c1ccncc1/C=C/c1ccccc1. The molecule has 0 unspecified atom stereocenters. The highest BCUT2D eigenvalue weighted by Gasteiger charge is 2.06. The Labute approximate surface area is 99.1 Å². The van der Waals surface area contributed by atoms with Crippen molar-refractivity contribution in [1.82, 2.24) is 4.98 Å². The first kappa shape index (κ1) is 11.1. The van der Waals surface area contributed by atoms with E-state index in [1.165, 1.54) is 12.3 Å². The van der Waals surface area contributed by atoms with E-state index in [0.29, 0.717) is 5.56 Å². The molecule has 0 radical (unpaired) electrons. The Balaban J connectivity index is 2.30. The molecular weight excluding hydrogens is 214 g/mol. The Morgan fingerprint density at radius 1 is 1.12 bits per heavy atom. The van der Waals surface area contributed by atoms with Crippen LogP contribution in [0.3, 0.4) is 0 Å².